The van der Waals surface area contributed by atoms with E-state index in [4.69, 9.17) is 16.7 Å². The van der Waals surface area contributed by atoms with Crippen molar-refractivity contribution in [2.75, 3.05) is 6.61 Å². The van der Waals surface area contributed by atoms with Crippen LogP contribution in [0.15, 0.2) is 18.2 Å². The first-order valence-corrected chi connectivity index (χ1v) is 7.11. The van der Waals surface area contributed by atoms with Crippen LogP contribution in [0.1, 0.15) is 29.5 Å². The van der Waals surface area contributed by atoms with Gasteiger partial charge >= 0.3 is 0 Å². The molecule has 0 saturated heterocycles. The van der Waals surface area contributed by atoms with Crippen LogP contribution in [0.2, 0.25) is 5.02 Å². The third-order valence-electron chi connectivity index (χ3n) is 3.20. The van der Waals surface area contributed by atoms with Crippen LogP contribution in [0, 0.1) is 12.7 Å². The lowest BCUT2D eigenvalue weighted by Gasteiger charge is -2.11. The highest BCUT2D eigenvalue weighted by Crippen LogP contribution is 2.20. The number of amides is 1. The van der Waals surface area contributed by atoms with Crippen molar-refractivity contribution in [3.8, 4) is 5.69 Å². The predicted octanol–water partition coefficient (Wildman–Crippen LogP) is 1.87. The number of carbonyl (C=O) groups excluding carboxylic acids is 1. The highest BCUT2D eigenvalue weighted by Gasteiger charge is 2.19. The first-order valence-electron chi connectivity index (χ1n) is 6.73. The number of nitrogens with one attached hydrogen (secondary N) is 1. The van der Waals surface area contributed by atoms with Crippen LogP contribution < -0.4 is 5.32 Å². The summed E-state index contributed by atoms with van der Waals surface area (Å²) < 4.78 is 14.6. The molecule has 22 heavy (non-hydrogen) atoms. The molecule has 118 valence electrons. The van der Waals surface area contributed by atoms with Gasteiger partial charge in [0.1, 0.15) is 5.82 Å². The number of nitrogens with zero attached hydrogens (tertiary/aromatic N) is 3. The molecule has 0 spiro atoms. The van der Waals surface area contributed by atoms with Crippen LogP contribution in [-0.4, -0.2) is 38.7 Å². The Morgan fingerprint density at radius 1 is 1.55 bits per heavy atom. The second kappa shape index (κ2) is 6.85. The van der Waals surface area contributed by atoms with Crippen molar-refractivity contribution in [1.29, 1.82) is 0 Å². The summed E-state index contributed by atoms with van der Waals surface area (Å²) in [4.78, 5) is 12.1. The van der Waals surface area contributed by atoms with Gasteiger partial charge in [-0.3, -0.25) is 4.79 Å². The standard InChI is InChI=1S/C14H16ClFN4O2/c1-8(5-6-21)17-14(22)13-9(2)20(19-18-13)10-3-4-12(16)11(15)7-10/h3-4,7-8,21H,5-6H2,1-2H3,(H,17,22). The van der Waals surface area contributed by atoms with E-state index in [-0.39, 0.29) is 29.3 Å². The molecule has 0 bridgehead atoms. The number of aromatic nitrogens is 3. The number of aliphatic hydroxyl groups excluding tert-OH is 1. The van der Waals surface area contributed by atoms with Crippen molar-refractivity contribution >= 4 is 17.5 Å². The Balaban J connectivity index is 2.25. The van der Waals surface area contributed by atoms with E-state index in [9.17, 15) is 9.18 Å². The second-order valence-electron chi connectivity index (χ2n) is 4.92. The van der Waals surface area contributed by atoms with E-state index in [0.29, 0.717) is 17.8 Å². The summed E-state index contributed by atoms with van der Waals surface area (Å²) in [6.07, 6.45) is 0.451. The van der Waals surface area contributed by atoms with Gasteiger partial charge < -0.3 is 10.4 Å². The maximum atomic E-state index is 13.2. The normalized spacial score (nSPS) is 12.2. The molecule has 1 amide bonds. The Morgan fingerprint density at radius 2 is 2.27 bits per heavy atom. The minimum Gasteiger partial charge on any atom is -0.396 e. The van der Waals surface area contributed by atoms with Gasteiger partial charge in [-0.1, -0.05) is 16.8 Å². The van der Waals surface area contributed by atoms with Gasteiger partial charge in [-0.05, 0) is 38.5 Å². The van der Waals surface area contributed by atoms with Gasteiger partial charge in [-0.2, -0.15) is 0 Å². The predicted molar refractivity (Wildman–Crippen MR) is 79.7 cm³/mol. The summed E-state index contributed by atoms with van der Waals surface area (Å²) in [5.74, 6) is -0.906. The van der Waals surface area contributed by atoms with Crippen molar-refractivity contribution in [3.05, 3.63) is 40.4 Å². The molecule has 1 aromatic heterocycles. The van der Waals surface area contributed by atoms with Crippen LogP contribution in [-0.2, 0) is 0 Å². The fourth-order valence-electron chi connectivity index (χ4n) is 1.96. The molecule has 2 N–H and O–H groups in total. The number of hydrogen-bond donors (Lipinski definition) is 2. The quantitative estimate of drug-likeness (QED) is 0.879. The summed E-state index contributed by atoms with van der Waals surface area (Å²) in [7, 11) is 0. The molecule has 0 aliphatic carbocycles. The second-order valence-corrected chi connectivity index (χ2v) is 5.33. The molecule has 6 nitrogen and oxygen atoms in total. The fourth-order valence-corrected chi connectivity index (χ4v) is 2.13. The molecule has 8 heteroatoms. The van der Waals surface area contributed by atoms with E-state index in [0.717, 1.165) is 0 Å². The molecule has 1 atom stereocenters. The summed E-state index contributed by atoms with van der Waals surface area (Å²) in [6, 6.07) is 3.96. The molecule has 2 aromatic rings. The van der Waals surface area contributed by atoms with Gasteiger partial charge in [0.2, 0.25) is 0 Å². The molecule has 0 saturated carbocycles. The van der Waals surface area contributed by atoms with E-state index >= 15 is 0 Å². The Kier molecular flexibility index (Phi) is 5.10. The topological polar surface area (TPSA) is 80.0 Å². The zero-order valence-corrected chi connectivity index (χ0v) is 12.9. The zero-order valence-electron chi connectivity index (χ0n) is 12.2. The van der Waals surface area contributed by atoms with Crippen molar-refractivity contribution in [1.82, 2.24) is 20.3 Å². The third-order valence-corrected chi connectivity index (χ3v) is 3.49. The van der Waals surface area contributed by atoms with Crippen molar-refractivity contribution in [2.24, 2.45) is 0 Å². The van der Waals surface area contributed by atoms with Crippen molar-refractivity contribution in [2.45, 2.75) is 26.3 Å². The number of benzene rings is 1. The first kappa shape index (κ1) is 16.4. The molecular weight excluding hydrogens is 311 g/mol. The maximum absolute atomic E-state index is 13.2. The minimum absolute atomic E-state index is 0.0127. The van der Waals surface area contributed by atoms with Crippen LogP contribution in [0.3, 0.4) is 0 Å². The molecular formula is C14H16ClFN4O2. The first-order chi connectivity index (χ1) is 10.4. The van der Waals surface area contributed by atoms with Gasteiger partial charge in [0.25, 0.3) is 5.91 Å². The van der Waals surface area contributed by atoms with Gasteiger partial charge in [0.05, 0.1) is 16.4 Å². The smallest absolute Gasteiger partial charge is 0.273 e. The number of aliphatic hydroxyl groups is 1. The minimum atomic E-state index is -0.529. The Hall–Kier alpha value is -1.99. The van der Waals surface area contributed by atoms with Crippen LogP contribution in [0.25, 0.3) is 5.69 Å². The average molecular weight is 327 g/mol. The monoisotopic (exact) mass is 326 g/mol. The maximum Gasteiger partial charge on any atom is 0.273 e. The average Bonchev–Trinajstić information content (AvgIpc) is 2.84. The van der Waals surface area contributed by atoms with Gasteiger partial charge in [0.15, 0.2) is 5.69 Å². The van der Waals surface area contributed by atoms with Crippen LogP contribution >= 0.6 is 11.6 Å². The molecule has 0 fully saturated rings. The van der Waals surface area contributed by atoms with Crippen LogP contribution in [0.5, 0.6) is 0 Å². The molecule has 1 heterocycles. The summed E-state index contributed by atoms with van der Waals surface area (Å²) in [6.45, 7) is 3.46. The van der Waals surface area contributed by atoms with Gasteiger partial charge in [-0.15, -0.1) is 5.10 Å². The summed E-state index contributed by atoms with van der Waals surface area (Å²) in [5, 5.41) is 19.3. The Morgan fingerprint density at radius 3 is 2.91 bits per heavy atom. The Labute approximate surface area is 131 Å². The molecule has 1 unspecified atom stereocenters. The fraction of sp³-hybridized carbons (Fsp3) is 0.357. The molecule has 0 aliphatic rings. The Bertz CT molecular complexity index is 689. The zero-order chi connectivity index (χ0) is 16.3. The highest BCUT2D eigenvalue weighted by molar-refractivity contribution is 6.30. The molecule has 2 rings (SSSR count). The number of rotatable bonds is 5. The molecule has 1 aromatic carbocycles. The lowest BCUT2D eigenvalue weighted by atomic mass is 10.2. The van der Waals surface area contributed by atoms with E-state index in [1.165, 1.54) is 22.9 Å². The summed E-state index contributed by atoms with van der Waals surface area (Å²) >= 11 is 5.75. The lowest BCUT2D eigenvalue weighted by molar-refractivity contribution is 0.0928. The van der Waals surface area contributed by atoms with E-state index in [2.05, 4.69) is 15.6 Å². The number of halogens is 2. The largest absolute Gasteiger partial charge is 0.396 e. The molecule has 0 radical (unpaired) electrons. The van der Waals surface area contributed by atoms with Crippen molar-refractivity contribution in [3.63, 3.8) is 0 Å². The third kappa shape index (κ3) is 3.42. The van der Waals surface area contributed by atoms with Gasteiger partial charge in [-0.25, -0.2) is 9.07 Å². The van der Waals surface area contributed by atoms with Crippen LogP contribution in [0.4, 0.5) is 4.39 Å². The lowest BCUT2D eigenvalue weighted by Crippen LogP contribution is -2.33. The van der Waals surface area contributed by atoms with E-state index in [1.807, 2.05) is 0 Å². The van der Waals surface area contributed by atoms with E-state index in [1.54, 1.807) is 13.8 Å². The molecule has 0 aliphatic heterocycles. The number of hydrogen-bond acceptors (Lipinski definition) is 4. The highest BCUT2D eigenvalue weighted by atomic mass is 35.5. The number of carbonyl (C=O) groups is 1. The SMILES string of the molecule is Cc1c(C(=O)NC(C)CCO)nnn1-c1ccc(F)c(Cl)c1. The van der Waals surface area contributed by atoms with Gasteiger partial charge in [0, 0.05) is 12.6 Å². The van der Waals surface area contributed by atoms with E-state index < -0.39 is 5.82 Å². The van der Waals surface area contributed by atoms with Crippen molar-refractivity contribution < 1.29 is 14.3 Å². The summed E-state index contributed by atoms with van der Waals surface area (Å²) in [5.41, 5.74) is 1.19.